The maximum atomic E-state index is 2.43. The lowest BCUT2D eigenvalue weighted by atomic mass is 9.88. The van der Waals surface area contributed by atoms with E-state index in [1.165, 1.54) is 29.3 Å². The zero-order chi connectivity index (χ0) is 10.4. The van der Waals surface area contributed by atoms with Crippen LogP contribution < -0.4 is 0 Å². The Balaban J connectivity index is 2.68. The van der Waals surface area contributed by atoms with Crippen LogP contribution in [-0.4, -0.2) is 0 Å². The first-order valence-electron chi connectivity index (χ1n) is 5.45. The minimum Gasteiger partial charge on any atom is -0.0911 e. The van der Waals surface area contributed by atoms with Gasteiger partial charge < -0.3 is 0 Å². The molecule has 0 N–H and O–H groups in total. The lowest BCUT2D eigenvalue weighted by Gasteiger charge is -2.18. The summed E-state index contributed by atoms with van der Waals surface area (Å²) in [5.41, 5.74) is 1.62. The van der Waals surface area contributed by atoms with Gasteiger partial charge in [-0.05, 0) is 58.3 Å². The Morgan fingerprint density at radius 3 is 2.71 bits per heavy atom. The van der Waals surface area contributed by atoms with Gasteiger partial charge in [0.05, 0.1) is 0 Å². The van der Waals surface area contributed by atoms with E-state index in [9.17, 15) is 0 Å². The first kappa shape index (κ1) is 12.0. The van der Waals surface area contributed by atoms with E-state index in [0.717, 1.165) is 0 Å². The number of halogens is 1. The van der Waals surface area contributed by atoms with Crippen LogP contribution in [0.15, 0.2) is 33.5 Å². The van der Waals surface area contributed by atoms with Crippen LogP contribution in [-0.2, 0) is 0 Å². The van der Waals surface area contributed by atoms with Crippen LogP contribution in [0.3, 0.4) is 0 Å². The molecule has 1 heteroatoms. The molecule has 0 spiro atoms. The molecule has 0 aliphatic heterocycles. The molecule has 1 aliphatic rings. The van der Waals surface area contributed by atoms with Gasteiger partial charge in [0.2, 0.25) is 0 Å². The van der Waals surface area contributed by atoms with Gasteiger partial charge >= 0.3 is 0 Å². The highest BCUT2D eigenvalue weighted by Gasteiger charge is 2.12. The molecule has 78 valence electrons. The van der Waals surface area contributed by atoms with Gasteiger partial charge in [0, 0.05) is 0 Å². The van der Waals surface area contributed by atoms with Crippen LogP contribution in [0, 0.1) is 5.92 Å². The van der Waals surface area contributed by atoms with E-state index in [1.54, 1.807) is 5.57 Å². The zero-order valence-electron chi connectivity index (χ0n) is 9.09. The van der Waals surface area contributed by atoms with Crippen LogP contribution in [0.5, 0.6) is 0 Å². The van der Waals surface area contributed by atoms with E-state index in [1.807, 2.05) is 0 Å². The second kappa shape index (κ2) is 6.44. The van der Waals surface area contributed by atoms with Crippen molar-refractivity contribution < 1.29 is 0 Å². The second-order valence-electron chi connectivity index (χ2n) is 3.78. The van der Waals surface area contributed by atoms with E-state index >= 15 is 0 Å². The fourth-order valence-corrected chi connectivity index (χ4v) is 2.33. The van der Waals surface area contributed by atoms with Crippen LogP contribution in [0.25, 0.3) is 0 Å². The molecule has 1 rings (SSSR count). The van der Waals surface area contributed by atoms with Crippen molar-refractivity contribution in [2.45, 2.75) is 39.5 Å². The summed E-state index contributed by atoms with van der Waals surface area (Å²) in [6, 6.07) is 0. The average Bonchev–Trinajstić information content (AvgIpc) is 2.19. The van der Waals surface area contributed by atoms with Gasteiger partial charge in [0.25, 0.3) is 0 Å². The van der Waals surface area contributed by atoms with Crippen LogP contribution in [0.2, 0.25) is 0 Å². The molecule has 0 nitrogen and oxygen atoms in total. The summed E-state index contributed by atoms with van der Waals surface area (Å²) in [5, 5.41) is 0. The van der Waals surface area contributed by atoms with Crippen molar-refractivity contribution in [3.8, 4) is 0 Å². The molecule has 0 bridgehead atoms. The fourth-order valence-electron chi connectivity index (χ4n) is 1.89. The van der Waals surface area contributed by atoms with Crippen molar-refractivity contribution in [2.75, 3.05) is 0 Å². The average molecular weight is 302 g/mol. The SMILES string of the molecule is C/C=C\C(CCC)C1=CC=C(I)CC1. The standard InChI is InChI=1S/C13H19I/c1-3-5-11(6-4-2)12-7-9-13(14)10-8-12/h3,5,7,9,11H,4,6,8,10H2,1-2H3/b5-3-. The van der Waals surface area contributed by atoms with Gasteiger partial charge in [0.15, 0.2) is 0 Å². The van der Waals surface area contributed by atoms with Gasteiger partial charge in [-0.3, -0.25) is 0 Å². The monoisotopic (exact) mass is 302 g/mol. The molecule has 0 aromatic carbocycles. The third kappa shape index (κ3) is 3.60. The van der Waals surface area contributed by atoms with Crippen molar-refractivity contribution in [1.29, 1.82) is 0 Å². The molecule has 0 saturated carbocycles. The molecule has 0 saturated heterocycles. The molecule has 0 heterocycles. The third-order valence-electron chi connectivity index (χ3n) is 2.63. The molecule has 0 aromatic heterocycles. The number of allylic oxidation sites excluding steroid dienone is 6. The van der Waals surface area contributed by atoms with Crippen molar-refractivity contribution >= 4 is 22.6 Å². The van der Waals surface area contributed by atoms with Crippen LogP contribution >= 0.6 is 22.6 Å². The Labute approximate surface area is 101 Å². The summed E-state index contributed by atoms with van der Waals surface area (Å²) in [7, 11) is 0. The molecule has 14 heavy (non-hydrogen) atoms. The first-order chi connectivity index (χ1) is 6.77. The predicted octanol–water partition coefficient (Wildman–Crippen LogP) is 5.02. The van der Waals surface area contributed by atoms with E-state index in [0.29, 0.717) is 5.92 Å². The van der Waals surface area contributed by atoms with Crippen molar-refractivity contribution in [1.82, 2.24) is 0 Å². The largest absolute Gasteiger partial charge is 0.0911 e. The van der Waals surface area contributed by atoms with E-state index in [-0.39, 0.29) is 0 Å². The first-order valence-corrected chi connectivity index (χ1v) is 6.53. The second-order valence-corrected chi connectivity index (χ2v) is 5.16. The van der Waals surface area contributed by atoms with Crippen LogP contribution in [0.1, 0.15) is 39.5 Å². The number of hydrogen-bond acceptors (Lipinski definition) is 0. The molecule has 1 unspecified atom stereocenters. The lowest BCUT2D eigenvalue weighted by Crippen LogP contribution is -2.03. The zero-order valence-corrected chi connectivity index (χ0v) is 11.3. The summed E-state index contributed by atoms with van der Waals surface area (Å²) >= 11 is 2.43. The molecule has 0 fully saturated rings. The molecule has 0 aromatic rings. The van der Waals surface area contributed by atoms with Crippen molar-refractivity contribution in [2.24, 2.45) is 5.92 Å². The third-order valence-corrected chi connectivity index (χ3v) is 3.53. The van der Waals surface area contributed by atoms with E-state index in [2.05, 4.69) is 60.7 Å². The predicted molar refractivity (Wildman–Crippen MR) is 72.6 cm³/mol. The molecule has 1 aliphatic carbocycles. The van der Waals surface area contributed by atoms with E-state index < -0.39 is 0 Å². The highest BCUT2D eigenvalue weighted by Crippen LogP contribution is 2.30. The molecular formula is C13H19I. The summed E-state index contributed by atoms with van der Waals surface area (Å²) in [6.45, 7) is 4.38. The Kier molecular flexibility index (Phi) is 5.53. The highest BCUT2D eigenvalue weighted by atomic mass is 127. The summed E-state index contributed by atoms with van der Waals surface area (Å²) in [5.74, 6) is 0.686. The van der Waals surface area contributed by atoms with Gasteiger partial charge in [0.1, 0.15) is 0 Å². The molecule has 0 amide bonds. The number of rotatable bonds is 4. The maximum Gasteiger partial charge on any atom is -0.00202 e. The lowest BCUT2D eigenvalue weighted by molar-refractivity contribution is 0.628. The van der Waals surface area contributed by atoms with Crippen LogP contribution in [0.4, 0.5) is 0 Å². The minimum atomic E-state index is 0.686. The van der Waals surface area contributed by atoms with Crippen molar-refractivity contribution in [3.05, 3.63) is 33.5 Å². The Bertz CT molecular complexity index is 258. The Hall–Kier alpha value is -0.0500. The summed E-state index contributed by atoms with van der Waals surface area (Å²) < 4.78 is 1.49. The summed E-state index contributed by atoms with van der Waals surface area (Å²) in [4.78, 5) is 0. The normalized spacial score (nSPS) is 19.4. The smallest absolute Gasteiger partial charge is 0.00202 e. The van der Waals surface area contributed by atoms with Gasteiger partial charge in [-0.15, -0.1) is 0 Å². The van der Waals surface area contributed by atoms with Gasteiger partial charge in [-0.25, -0.2) is 0 Å². The van der Waals surface area contributed by atoms with Crippen molar-refractivity contribution in [3.63, 3.8) is 0 Å². The van der Waals surface area contributed by atoms with E-state index in [4.69, 9.17) is 0 Å². The molecule has 0 radical (unpaired) electrons. The highest BCUT2D eigenvalue weighted by molar-refractivity contribution is 14.1. The Morgan fingerprint density at radius 2 is 2.21 bits per heavy atom. The summed E-state index contributed by atoms with van der Waals surface area (Å²) in [6.07, 6.45) is 14.2. The number of hydrogen-bond donors (Lipinski definition) is 0. The Morgan fingerprint density at radius 1 is 1.43 bits per heavy atom. The topological polar surface area (TPSA) is 0 Å². The molecule has 1 atom stereocenters. The maximum absolute atomic E-state index is 2.43. The van der Waals surface area contributed by atoms with Gasteiger partial charge in [-0.2, -0.15) is 0 Å². The molecular weight excluding hydrogens is 283 g/mol. The quantitative estimate of drug-likeness (QED) is 0.505. The fraction of sp³-hybridized carbons (Fsp3) is 0.538. The minimum absolute atomic E-state index is 0.686. The van der Waals surface area contributed by atoms with Gasteiger partial charge in [-0.1, -0.05) is 43.2 Å².